The van der Waals surface area contributed by atoms with Crippen LogP contribution in [0.4, 0.5) is 0 Å². The molecule has 0 bridgehead atoms. The predicted molar refractivity (Wildman–Crippen MR) is 83.1 cm³/mol. The van der Waals surface area contributed by atoms with E-state index in [1.54, 1.807) is 38.5 Å². The molecule has 0 spiro atoms. The van der Waals surface area contributed by atoms with E-state index in [1.165, 1.54) is 0 Å². The Morgan fingerprint density at radius 2 is 2.20 bits per heavy atom. The first-order chi connectivity index (χ1) is 9.54. The van der Waals surface area contributed by atoms with Crippen LogP contribution in [0.25, 0.3) is 0 Å². The summed E-state index contributed by atoms with van der Waals surface area (Å²) in [6.07, 6.45) is 12.6. The van der Waals surface area contributed by atoms with Gasteiger partial charge in [0.1, 0.15) is 5.82 Å². The van der Waals surface area contributed by atoms with Gasteiger partial charge in [0.15, 0.2) is 0 Å². The second-order valence-electron chi connectivity index (χ2n) is 4.58. The molecule has 0 heterocycles. The van der Waals surface area contributed by atoms with Gasteiger partial charge in [-0.25, -0.2) is 4.99 Å². The Morgan fingerprint density at radius 3 is 2.85 bits per heavy atom. The molecule has 5 heteroatoms. The van der Waals surface area contributed by atoms with E-state index < -0.39 is 0 Å². The van der Waals surface area contributed by atoms with E-state index in [2.05, 4.69) is 16.4 Å². The smallest absolute Gasteiger partial charge is 0.253 e. The maximum absolute atomic E-state index is 11.9. The first-order valence-electron chi connectivity index (χ1n) is 6.49. The summed E-state index contributed by atoms with van der Waals surface area (Å²) in [7, 11) is 5.27. The predicted octanol–water partition coefficient (Wildman–Crippen LogP) is 1.33. The van der Waals surface area contributed by atoms with Crippen LogP contribution >= 0.6 is 0 Å². The number of aliphatic imine (C=N–C) groups is 1. The summed E-state index contributed by atoms with van der Waals surface area (Å²) in [5.74, 6) is 0.457. The van der Waals surface area contributed by atoms with Crippen LogP contribution in [0.5, 0.6) is 0 Å². The zero-order chi connectivity index (χ0) is 15.0. The largest absolute Gasteiger partial charge is 0.391 e. The van der Waals surface area contributed by atoms with Crippen LogP contribution in [-0.4, -0.2) is 38.2 Å². The molecule has 1 aliphatic rings. The number of hydrogen-bond acceptors (Lipinski definition) is 4. The van der Waals surface area contributed by atoms with Crippen LogP contribution < -0.4 is 11.1 Å². The zero-order valence-electron chi connectivity index (χ0n) is 12.3. The second kappa shape index (κ2) is 7.99. The minimum absolute atomic E-state index is 0.0192. The number of carbonyl (C=O) groups is 1. The third-order valence-corrected chi connectivity index (χ3v) is 2.71. The molecule has 1 rings (SSSR count). The van der Waals surface area contributed by atoms with Gasteiger partial charge in [0, 0.05) is 45.6 Å². The van der Waals surface area contributed by atoms with Crippen LogP contribution in [0, 0.1) is 0 Å². The maximum atomic E-state index is 11.9. The maximum Gasteiger partial charge on any atom is 0.253 e. The van der Waals surface area contributed by atoms with Gasteiger partial charge >= 0.3 is 0 Å². The summed E-state index contributed by atoms with van der Waals surface area (Å²) in [4.78, 5) is 17.5. The van der Waals surface area contributed by atoms with E-state index in [0.29, 0.717) is 17.8 Å². The van der Waals surface area contributed by atoms with Crippen LogP contribution in [-0.2, 0) is 4.79 Å². The molecule has 20 heavy (non-hydrogen) atoms. The van der Waals surface area contributed by atoms with Crippen molar-refractivity contribution in [2.24, 2.45) is 10.7 Å². The summed E-state index contributed by atoms with van der Waals surface area (Å²) in [6, 6.07) is 0. The van der Waals surface area contributed by atoms with Gasteiger partial charge in [0.05, 0.1) is 0 Å². The van der Waals surface area contributed by atoms with Crippen molar-refractivity contribution >= 4 is 12.1 Å². The number of amides is 1. The SMILES string of the molecule is CN/C=C(N)\N=C/CC1=CCC=C(C(=O)N(C)C)C=C1. The summed E-state index contributed by atoms with van der Waals surface area (Å²) in [5.41, 5.74) is 7.46. The molecule has 0 saturated heterocycles. The number of rotatable bonds is 5. The van der Waals surface area contributed by atoms with Gasteiger partial charge in [-0.3, -0.25) is 4.79 Å². The minimum Gasteiger partial charge on any atom is -0.391 e. The van der Waals surface area contributed by atoms with Crippen molar-refractivity contribution < 1.29 is 4.79 Å². The number of hydrogen-bond donors (Lipinski definition) is 2. The molecule has 0 aromatic heterocycles. The van der Waals surface area contributed by atoms with Crippen LogP contribution in [0.3, 0.4) is 0 Å². The van der Waals surface area contributed by atoms with Gasteiger partial charge in [-0.1, -0.05) is 18.2 Å². The van der Waals surface area contributed by atoms with Gasteiger partial charge in [-0.15, -0.1) is 0 Å². The van der Waals surface area contributed by atoms with Crippen LogP contribution in [0.1, 0.15) is 12.8 Å². The number of allylic oxidation sites excluding steroid dienone is 4. The molecule has 0 aliphatic heterocycles. The number of nitrogens with two attached hydrogens (primary N) is 1. The lowest BCUT2D eigenvalue weighted by molar-refractivity contribution is -0.124. The van der Waals surface area contributed by atoms with E-state index >= 15 is 0 Å². The van der Waals surface area contributed by atoms with E-state index in [-0.39, 0.29) is 5.91 Å². The number of nitrogens with one attached hydrogen (secondary N) is 1. The average Bonchev–Trinajstić information content (AvgIpc) is 2.64. The standard InChI is InChI=1S/C15H22N4O/c1-17-11-14(16)18-10-9-12-5-4-6-13(8-7-12)15(20)19(2)3/h5-8,10-11,17H,4,9,16H2,1-3H3/b14-11-,18-10-. The molecule has 1 aliphatic carbocycles. The van der Waals surface area contributed by atoms with Crippen molar-refractivity contribution in [1.82, 2.24) is 10.2 Å². The van der Waals surface area contributed by atoms with E-state index in [0.717, 1.165) is 12.0 Å². The van der Waals surface area contributed by atoms with Crippen LogP contribution in [0.2, 0.25) is 0 Å². The van der Waals surface area contributed by atoms with Crippen molar-refractivity contribution in [2.45, 2.75) is 12.8 Å². The fraction of sp³-hybridized carbons (Fsp3) is 0.333. The summed E-state index contributed by atoms with van der Waals surface area (Å²) in [6.45, 7) is 0. The van der Waals surface area contributed by atoms with Gasteiger partial charge < -0.3 is 16.0 Å². The Morgan fingerprint density at radius 1 is 1.45 bits per heavy atom. The number of nitrogens with zero attached hydrogens (tertiary/aromatic N) is 2. The highest BCUT2D eigenvalue weighted by molar-refractivity contribution is 5.96. The van der Waals surface area contributed by atoms with Crippen LogP contribution in [0.15, 0.2) is 52.5 Å². The van der Waals surface area contributed by atoms with E-state index in [4.69, 9.17) is 5.73 Å². The lowest BCUT2D eigenvalue weighted by Crippen LogP contribution is -2.22. The third kappa shape index (κ3) is 5.14. The molecule has 0 unspecified atom stereocenters. The van der Waals surface area contributed by atoms with Crippen molar-refractivity contribution in [2.75, 3.05) is 21.1 Å². The minimum atomic E-state index is 0.0192. The highest BCUT2D eigenvalue weighted by Crippen LogP contribution is 2.14. The van der Waals surface area contributed by atoms with Gasteiger partial charge in [0.2, 0.25) is 0 Å². The Kier molecular flexibility index (Phi) is 6.29. The first-order valence-corrected chi connectivity index (χ1v) is 6.49. The van der Waals surface area contributed by atoms with Crippen molar-refractivity contribution in [3.63, 3.8) is 0 Å². The second-order valence-corrected chi connectivity index (χ2v) is 4.58. The number of likely N-dealkylation sites (N-methyl/N-ethyl adjacent to an activating group) is 1. The molecule has 0 aromatic carbocycles. The Balaban J connectivity index is 2.61. The monoisotopic (exact) mass is 274 g/mol. The molecular formula is C15H22N4O. The fourth-order valence-corrected chi connectivity index (χ4v) is 1.68. The Bertz CT molecular complexity index is 496. The lowest BCUT2D eigenvalue weighted by atomic mass is 10.1. The van der Waals surface area contributed by atoms with Crippen molar-refractivity contribution in [3.8, 4) is 0 Å². The molecule has 0 atom stereocenters. The Hall–Kier alpha value is -2.30. The highest BCUT2D eigenvalue weighted by atomic mass is 16.2. The number of carbonyl (C=O) groups excluding carboxylic acids is 1. The topological polar surface area (TPSA) is 70.7 Å². The third-order valence-electron chi connectivity index (χ3n) is 2.71. The molecule has 0 radical (unpaired) electrons. The molecule has 108 valence electrons. The van der Waals surface area contributed by atoms with E-state index in [1.807, 2.05) is 18.2 Å². The quantitative estimate of drug-likeness (QED) is 0.743. The molecule has 3 N–H and O–H groups in total. The van der Waals surface area contributed by atoms with Gasteiger partial charge in [0.25, 0.3) is 5.91 Å². The zero-order valence-corrected chi connectivity index (χ0v) is 12.3. The summed E-state index contributed by atoms with van der Waals surface area (Å²) < 4.78 is 0. The summed E-state index contributed by atoms with van der Waals surface area (Å²) in [5, 5.41) is 2.81. The lowest BCUT2D eigenvalue weighted by Gasteiger charge is -2.10. The van der Waals surface area contributed by atoms with E-state index in [9.17, 15) is 4.79 Å². The Labute approximate surface area is 120 Å². The van der Waals surface area contributed by atoms with Crippen molar-refractivity contribution in [1.29, 1.82) is 0 Å². The highest BCUT2D eigenvalue weighted by Gasteiger charge is 2.09. The van der Waals surface area contributed by atoms with Crippen molar-refractivity contribution in [3.05, 3.63) is 47.5 Å². The molecule has 0 aromatic rings. The fourth-order valence-electron chi connectivity index (χ4n) is 1.68. The molecule has 0 fully saturated rings. The summed E-state index contributed by atoms with van der Waals surface area (Å²) >= 11 is 0. The first kappa shape index (κ1) is 15.8. The molecule has 1 amide bonds. The molecule has 5 nitrogen and oxygen atoms in total. The van der Waals surface area contributed by atoms with Gasteiger partial charge in [-0.05, 0) is 18.1 Å². The molecular weight excluding hydrogens is 252 g/mol. The average molecular weight is 274 g/mol. The normalized spacial score (nSPS) is 15.7. The van der Waals surface area contributed by atoms with Gasteiger partial charge in [-0.2, -0.15) is 0 Å². The molecule has 0 saturated carbocycles.